The van der Waals surface area contributed by atoms with E-state index in [0.29, 0.717) is 0 Å². The molecule has 2 aromatic rings. The summed E-state index contributed by atoms with van der Waals surface area (Å²) in [6.07, 6.45) is 0. The average Bonchev–Trinajstić information content (AvgIpc) is 2.54. The fourth-order valence-electron chi connectivity index (χ4n) is 1.90. The van der Waals surface area contributed by atoms with Crippen LogP contribution in [0.25, 0.3) is 0 Å². The summed E-state index contributed by atoms with van der Waals surface area (Å²) in [6.45, 7) is 0. The summed E-state index contributed by atoms with van der Waals surface area (Å²) in [4.78, 5) is 22.7. The van der Waals surface area contributed by atoms with Gasteiger partial charge >= 0.3 is 5.97 Å². The van der Waals surface area contributed by atoms with Gasteiger partial charge < -0.3 is 10.5 Å². The molecule has 0 aliphatic heterocycles. The maximum absolute atomic E-state index is 12.4. The van der Waals surface area contributed by atoms with Crippen LogP contribution in [-0.4, -0.2) is 27.4 Å². The van der Waals surface area contributed by atoms with Crippen LogP contribution >= 0.6 is 0 Å². The van der Waals surface area contributed by atoms with Crippen LogP contribution < -0.4 is 10.5 Å². The average molecular weight is 334 g/mol. The molecular weight excluding hydrogens is 320 g/mol. The number of rotatable bonds is 5. The molecule has 120 valence electrons. The third kappa shape index (κ3) is 3.67. The van der Waals surface area contributed by atoms with Gasteiger partial charge in [-0.25, -0.2) is 13.2 Å². The van der Waals surface area contributed by atoms with Crippen molar-refractivity contribution in [3.8, 4) is 0 Å². The zero-order chi connectivity index (χ0) is 17.0. The second-order valence-corrected chi connectivity index (χ2v) is 6.22. The van der Waals surface area contributed by atoms with Gasteiger partial charge in [-0.05, 0) is 30.3 Å². The number of para-hydroxylation sites is 1. The second kappa shape index (κ2) is 6.49. The fraction of sp³-hybridized carbons (Fsp3) is 0.0667. The van der Waals surface area contributed by atoms with E-state index < -0.39 is 21.9 Å². The minimum atomic E-state index is -4.00. The lowest BCUT2D eigenvalue weighted by Gasteiger charge is -2.11. The standard InChI is InChI=1S/C15H14N2O5S/c1-22-15(19)10-5-4-6-11(9-10)23(20,21)17-13-8-3-2-7-12(13)14(16)18/h2-9,17H,1H3,(H2,16,18). The van der Waals surface area contributed by atoms with Crippen LogP contribution in [0.5, 0.6) is 0 Å². The monoisotopic (exact) mass is 334 g/mol. The highest BCUT2D eigenvalue weighted by atomic mass is 32.2. The van der Waals surface area contributed by atoms with E-state index >= 15 is 0 Å². The van der Waals surface area contributed by atoms with Gasteiger partial charge in [-0.15, -0.1) is 0 Å². The van der Waals surface area contributed by atoms with Crippen molar-refractivity contribution in [3.63, 3.8) is 0 Å². The van der Waals surface area contributed by atoms with E-state index in [1.54, 1.807) is 12.1 Å². The zero-order valence-corrected chi connectivity index (χ0v) is 13.0. The summed E-state index contributed by atoms with van der Waals surface area (Å²) < 4.78 is 31.7. The lowest BCUT2D eigenvalue weighted by molar-refractivity contribution is 0.0600. The van der Waals surface area contributed by atoms with Crippen LogP contribution in [0.3, 0.4) is 0 Å². The molecule has 0 bridgehead atoms. The number of ether oxygens (including phenoxy) is 1. The number of carbonyl (C=O) groups is 2. The molecular formula is C15H14N2O5S. The summed E-state index contributed by atoms with van der Waals surface area (Å²) in [5.74, 6) is -1.41. The Kier molecular flexibility index (Phi) is 4.65. The SMILES string of the molecule is COC(=O)c1cccc(S(=O)(=O)Nc2ccccc2C(N)=O)c1. The molecule has 2 rings (SSSR count). The Hall–Kier alpha value is -2.87. The van der Waals surface area contributed by atoms with Gasteiger partial charge in [0.25, 0.3) is 15.9 Å². The number of hydrogen-bond donors (Lipinski definition) is 2. The van der Waals surface area contributed by atoms with Crippen LogP contribution in [0.2, 0.25) is 0 Å². The van der Waals surface area contributed by atoms with E-state index in [4.69, 9.17) is 5.73 Å². The molecule has 0 atom stereocenters. The first-order chi connectivity index (χ1) is 10.8. The Morgan fingerprint density at radius 2 is 1.78 bits per heavy atom. The molecule has 0 aromatic heterocycles. The fourth-order valence-corrected chi connectivity index (χ4v) is 3.02. The van der Waals surface area contributed by atoms with E-state index in [-0.39, 0.29) is 21.7 Å². The number of anilines is 1. The molecule has 0 aliphatic rings. The Morgan fingerprint density at radius 3 is 2.43 bits per heavy atom. The van der Waals surface area contributed by atoms with E-state index in [0.717, 1.165) is 0 Å². The molecule has 0 spiro atoms. The summed E-state index contributed by atoms with van der Waals surface area (Å²) in [7, 11) is -2.80. The summed E-state index contributed by atoms with van der Waals surface area (Å²) in [6, 6.07) is 11.3. The second-order valence-electron chi connectivity index (χ2n) is 4.53. The molecule has 23 heavy (non-hydrogen) atoms. The zero-order valence-electron chi connectivity index (χ0n) is 12.1. The highest BCUT2D eigenvalue weighted by Crippen LogP contribution is 2.20. The topological polar surface area (TPSA) is 116 Å². The van der Waals surface area contributed by atoms with Gasteiger partial charge in [0, 0.05) is 0 Å². The maximum Gasteiger partial charge on any atom is 0.337 e. The third-order valence-electron chi connectivity index (χ3n) is 3.00. The van der Waals surface area contributed by atoms with Crippen molar-refractivity contribution in [1.82, 2.24) is 0 Å². The number of benzene rings is 2. The molecule has 1 amide bonds. The number of nitrogens with two attached hydrogens (primary N) is 1. The van der Waals surface area contributed by atoms with Crippen molar-refractivity contribution >= 4 is 27.6 Å². The maximum atomic E-state index is 12.4. The highest BCUT2D eigenvalue weighted by molar-refractivity contribution is 7.92. The van der Waals surface area contributed by atoms with Crippen LogP contribution in [0.1, 0.15) is 20.7 Å². The van der Waals surface area contributed by atoms with Crippen molar-refractivity contribution in [2.24, 2.45) is 5.73 Å². The third-order valence-corrected chi connectivity index (χ3v) is 4.37. The largest absolute Gasteiger partial charge is 0.465 e. The predicted molar refractivity (Wildman–Crippen MR) is 83.5 cm³/mol. The van der Waals surface area contributed by atoms with Crippen LogP contribution in [-0.2, 0) is 14.8 Å². The number of esters is 1. The lowest BCUT2D eigenvalue weighted by Crippen LogP contribution is -2.19. The lowest BCUT2D eigenvalue weighted by atomic mass is 10.2. The predicted octanol–water partition coefficient (Wildman–Crippen LogP) is 1.37. The number of methoxy groups -OCH3 is 1. The van der Waals surface area contributed by atoms with Crippen LogP contribution in [0.15, 0.2) is 53.4 Å². The quantitative estimate of drug-likeness (QED) is 0.801. The van der Waals surface area contributed by atoms with Gasteiger partial charge in [0.05, 0.1) is 28.8 Å². The minimum absolute atomic E-state index is 0.0418. The highest BCUT2D eigenvalue weighted by Gasteiger charge is 2.19. The van der Waals surface area contributed by atoms with Crippen molar-refractivity contribution in [3.05, 3.63) is 59.7 Å². The van der Waals surface area contributed by atoms with Gasteiger partial charge in [-0.1, -0.05) is 18.2 Å². The van der Waals surface area contributed by atoms with E-state index in [1.165, 1.54) is 43.5 Å². The first kappa shape index (κ1) is 16.5. The van der Waals surface area contributed by atoms with Gasteiger partial charge in [0.2, 0.25) is 0 Å². The summed E-state index contributed by atoms with van der Waals surface area (Å²) >= 11 is 0. The van der Waals surface area contributed by atoms with Crippen molar-refractivity contribution in [2.45, 2.75) is 4.90 Å². The Balaban J connectivity index is 2.41. The number of primary amides is 1. The number of amides is 1. The molecule has 0 unspecified atom stereocenters. The van der Waals surface area contributed by atoms with E-state index in [1.807, 2.05) is 0 Å². The van der Waals surface area contributed by atoms with Gasteiger partial charge in [-0.3, -0.25) is 9.52 Å². The first-order valence-electron chi connectivity index (χ1n) is 6.45. The molecule has 3 N–H and O–H groups in total. The number of carbonyl (C=O) groups excluding carboxylic acids is 2. The smallest absolute Gasteiger partial charge is 0.337 e. The number of nitrogens with one attached hydrogen (secondary N) is 1. The minimum Gasteiger partial charge on any atom is -0.465 e. The Labute approximate surface area is 133 Å². The first-order valence-corrected chi connectivity index (χ1v) is 7.93. The Morgan fingerprint density at radius 1 is 1.09 bits per heavy atom. The van der Waals surface area contributed by atoms with E-state index in [2.05, 4.69) is 9.46 Å². The van der Waals surface area contributed by atoms with E-state index in [9.17, 15) is 18.0 Å². The van der Waals surface area contributed by atoms with Crippen LogP contribution in [0.4, 0.5) is 5.69 Å². The van der Waals surface area contributed by atoms with Gasteiger partial charge in [-0.2, -0.15) is 0 Å². The molecule has 0 aliphatic carbocycles. The molecule has 0 saturated heterocycles. The van der Waals surface area contributed by atoms with Crippen LogP contribution in [0, 0.1) is 0 Å². The van der Waals surface area contributed by atoms with Crippen molar-refractivity contribution < 1.29 is 22.7 Å². The van der Waals surface area contributed by atoms with Crippen molar-refractivity contribution in [1.29, 1.82) is 0 Å². The van der Waals surface area contributed by atoms with Crippen molar-refractivity contribution in [2.75, 3.05) is 11.8 Å². The Bertz CT molecular complexity index is 862. The number of sulfonamides is 1. The molecule has 7 nitrogen and oxygen atoms in total. The van der Waals surface area contributed by atoms with Gasteiger partial charge in [0.1, 0.15) is 0 Å². The summed E-state index contributed by atoms with van der Waals surface area (Å²) in [5.41, 5.74) is 5.42. The molecule has 0 radical (unpaired) electrons. The molecule has 0 fully saturated rings. The molecule has 0 heterocycles. The number of hydrogen-bond acceptors (Lipinski definition) is 5. The molecule has 2 aromatic carbocycles. The molecule has 0 saturated carbocycles. The molecule has 8 heteroatoms. The van der Waals surface area contributed by atoms with Gasteiger partial charge in [0.15, 0.2) is 0 Å². The summed E-state index contributed by atoms with van der Waals surface area (Å²) in [5, 5.41) is 0. The normalized spacial score (nSPS) is 10.8.